The van der Waals surface area contributed by atoms with Crippen molar-refractivity contribution in [1.82, 2.24) is 9.97 Å². The number of nitrogens with zero attached hydrogens (tertiary/aromatic N) is 3. The van der Waals surface area contributed by atoms with Crippen LogP contribution in [0.1, 0.15) is 31.0 Å². The van der Waals surface area contributed by atoms with Gasteiger partial charge in [0.1, 0.15) is 11.6 Å². The number of hydrogen-bond donors (Lipinski definition) is 1. The quantitative estimate of drug-likeness (QED) is 0.869. The van der Waals surface area contributed by atoms with Gasteiger partial charge in [-0.25, -0.2) is 4.98 Å². The molecule has 25 heavy (non-hydrogen) atoms. The van der Waals surface area contributed by atoms with Crippen molar-refractivity contribution >= 4 is 11.8 Å². The minimum atomic E-state index is 0.719. The molecular formula is C20H28N4O. The summed E-state index contributed by atoms with van der Waals surface area (Å²) in [7, 11) is 1.70. The van der Waals surface area contributed by atoms with E-state index in [4.69, 9.17) is 9.72 Å². The van der Waals surface area contributed by atoms with Crippen molar-refractivity contribution in [3.63, 3.8) is 0 Å². The summed E-state index contributed by atoms with van der Waals surface area (Å²) in [5.74, 6) is 3.39. The summed E-state index contributed by atoms with van der Waals surface area (Å²) in [6.45, 7) is 7.31. The number of hydrogen-bond acceptors (Lipinski definition) is 5. The number of nitrogens with one attached hydrogen (secondary N) is 1. The second-order valence-electron chi connectivity index (χ2n) is 6.91. The van der Waals surface area contributed by atoms with Gasteiger partial charge in [-0.05, 0) is 49.8 Å². The minimum absolute atomic E-state index is 0.719. The van der Waals surface area contributed by atoms with Crippen LogP contribution < -0.4 is 15.0 Å². The van der Waals surface area contributed by atoms with Crippen LogP contribution in [0.25, 0.3) is 0 Å². The second-order valence-corrected chi connectivity index (χ2v) is 6.91. The SMILES string of the molecule is COc1cccc(CCNc2nc(C)cc(N3CCCC(C)C3)n2)c1. The lowest BCUT2D eigenvalue weighted by Crippen LogP contribution is -2.35. The zero-order valence-electron chi connectivity index (χ0n) is 15.5. The Morgan fingerprint density at radius 2 is 2.16 bits per heavy atom. The summed E-state index contributed by atoms with van der Waals surface area (Å²) in [5, 5.41) is 3.37. The molecule has 0 bridgehead atoms. The molecule has 1 fully saturated rings. The molecule has 2 heterocycles. The van der Waals surface area contributed by atoms with Crippen molar-refractivity contribution in [2.75, 3.05) is 37.0 Å². The summed E-state index contributed by atoms with van der Waals surface area (Å²) < 4.78 is 5.28. The van der Waals surface area contributed by atoms with Crippen LogP contribution in [0.4, 0.5) is 11.8 Å². The van der Waals surface area contributed by atoms with Crippen molar-refractivity contribution in [1.29, 1.82) is 0 Å². The summed E-state index contributed by atoms with van der Waals surface area (Å²) in [4.78, 5) is 11.7. The number of piperidine rings is 1. The Bertz CT molecular complexity index is 704. The molecule has 134 valence electrons. The van der Waals surface area contributed by atoms with E-state index in [-0.39, 0.29) is 0 Å². The van der Waals surface area contributed by atoms with Crippen molar-refractivity contribution in [2.24, 2.45) is 5.92 Å². The molecule has 5 nitrogen and oxygen atoms in total. The fourth-order valence-corrected chi connectivity index (χ4v) is 3.34. The first kappa shape index (κ1) is 17.5. The Morgan fingerprint density at radius 1 is 1.28 bits per heavy atom. The lowest BCUT2D eigenvalue weighted by atomic mass is 10.0. The van der Waals surface area contributed by atoms with Gasteiger partial charge in [-0.1, -0.05) is 19.1 Å². The fourth-order valence-electron chi connectivity index (χ4n) is 3.34. The van der Waals surface area contributed by atoms with Crippen molar-refractivity contribution in [2.45, 2.75) is 33.1 Å². The van der Waals surface area contributed by atoms with Crippen molar-refractivity contribution in [3.8, 4) is 5.75 Å². The standard InChI is InChI=1S/C20H28N4O/c1-15-6-5-11-24(14-15)19-12-16(2)22-20(23-19)21-10-9-17-7-4-8-18(13-17)25-3/h4,7-8,12-13,15H,5-6,9-11,14H2,1-3H3,(H,21,22,23). The Kier molecular flexibility index (Phi) is 5.74. The third-order valence-corrected chi connectivity index (χ3v) is 4.65. The maximum absolute atomic E-state index is 5.28. The topological polar surface area (TPSA) is 50.3 Å². The van der Waals surface area contributed by atoms with Crippen LogP contribution in [0.3, 0.4) is 0 Å². The monoisotopic (exact) mass is 340 g/mol. The Labute approximate surface area is 150 Å². The third-order valence-electron chi connectivity index (χ3n) is 4.65. The number of aromatic nitrogens is 2. The number of anilines is 2. The maximum Gasteiger partial charge on any atom is 0.224 e. The highest BCUT2D eigenvalue weighted by Crippen LogP contribution is 2.22. The normalized spacial score (nSPS) is 17.4. The molecule has 3 rings (SSSR count). The molecule has 0 saturated carbocycles. The molecule has 0 aliphatic carbocycles. The second kappa shape index (κ2) is 8.19. The van der Waals surface area contributed by atoms with Crippen LogP contribution in [0.2, 0.25) is 0 Å². The van der Waals surface area contributed by atoms with Gasteiger partial charge >= 0.3 is 0 Å². The highest BCUT2D eigenvalue weighted by Gasteiger charge is 2.18. The molecule has 1 aliphatic rings. The zero-order chi connectivity index (χ0) is 17.6. The molecule has 0 amide bonds. The number of ether oxygens (including phenoxy) is 1. The fraction of sp³-hybridized carbons (Fsp3) is 0.500. The van der Waals surface area contributed by atoms with Crippen LogP contribution in [-0.2, 0) is 6.42 Å². The smallest absolute Gasteiger partial charge is 0.224 e. The molecule has 1 saturated heterocycles. The molecule has 1 N–H and O–H groups in total. The van der Waals surface area contributed by atoms with Crippen LogP contribution in [0, 0.1) is 12.8 Å². The van der Waals surface area contributed by atoms with Gasteiger partial charge < -0.3 is 15.0 Å². The number of rotatable bonds is 6. The average Bonchev–Trinajstić information content (AvgIpc) is 2.61. The van der Waals surface area contributed by atoms with E-state index in [2.05, 4.69) is 40.3 Å². The minimum Gasteiger partial charge on any atom is -0.497 e. The van der Waals surface area contributed by atoms with E-state index < -0.39 is 0 Å². The van der Waals surface area contributed by atoms with E-state index in [9.17, 15) is 0 Å². The van der Waals surface area contributed by atoms with Gasteiger partial charge in [0, 0.05) is 31.4 Å². The van der Waals surface area contributed by atoms with E-state index >= 15 is 0 Å². The van der Waals surface area contributed by atoms with Gasteiger partial charge in [0.2, 0.25) is 5.95 Å². The predicted octanol–water partition coefficient (Wildman–Crippen LogP) is 3.68. The number of methoxy groups -OCH3 is 1. The highest BCUT2D eigenvalue weighted by atomic mass is 16.5. The van der Waals surface area contributed by atoms with E-state index in [1.54, 1.807) is 7.11 Å². The van der Waals surface area contributed by atoms with Gasteiger partial charge in [-0.2, -0.15) is 4.98 Å². The summed E-state index contributed by atoms with van der Waals surface area (Å²) in [5.41, 5.74) is 2.25. The Balaban J connectivity index is 1.62. The molecule has 1 aromatic heterocycles. The molecule has 0 radical (unpaired) electrons. The molecule has 5 heteroatoms. The van der Waals surface area contributed by atoms with Crippen molar-refractivity contribution in [3.05, 3.63) is 41.6 Å². The van der Waals surface area contributed by atoms with Gasteiger partial charge in [0.25, 0.3) is 0 Å². The van der Waals surface area contributed by atoms with E-state index in [1.165, 1.54) is 18.4 Å². The number of benzene rings is 1. The summed E-state index contributed by atoms with van der Waals surface area (Å²) in [6, 6.07) is 10.3. The summed E-state index contributed by atoms with van der Waals surface area (Å²) in [6.07, 6.45) is 3.46. The van der Waals surface area contributed by atoms with Crippen molar-refractivity contribution < 1.29 is 4.74 Å². The third kappa shape index (κ3) is 4.84. The van der Waals surface area contributed by atoms with Crippen LogP contribution >= 0.6 is 0 Å². The van der Waals surface area contributed by atoms with E-state index in [0.29, 0.717) is 0 Å². The Hall–Kier alpha value is -2.30. The van der Waals surface area contributed by atoms with Gasteiger partial charge in [-0.3, -0.25) is 0 Å². The molecule has 1 atom stereocenters. The largest absolute Gasteiger partial charge is 0.497 e. The van der Waals surface area contributed by atoms with E-state index in [1.807, 2.05) is 19.1 Å². The first-order valence-electron chi connectivity index (χ1n) is 9.11. The Morgan fingerprint density at radius 3 is 2.96 bits per heavy atom. The average molecular weight is 340 g/mol. The molecule has 1 aliphatic heterocycles. The van der Waals surface area contributed by atoms with Gasteiger partial charge in [0.15, 0.2) is 0 Å². The maximum atomic E-state index is 5.28. The lowest BCUT2D eigenvalue weighted by Gasteiger charge is -2.32. The van der Waals surface area contributed by atoms with Gasteiger partial charge in [-0.15, -0.1) is 0 Å². The van der Waals surface area contributed by atoms with Crippen LogP contribution in [0.5, 0.6) is 5.75 Å². The molecule has 1 aromatic carbocycles. The zero-order valence-corrected chi connectivity index (χ0v) is 15.5. The molecule has 2 aromatic rings. The predicted molar refractivity (Wildman–Crippen MR) is 103 cm³/mol. The summed E-state index contributed by atoms with van der Waals surface area (Å²) >= 11 is 0. The first-order chi connectivity index (χ1) is 12.1. The molecule has 1 unspecified atom stereocenters. The number of aryl methyl sites for hydroxylation is 1. The lowest BCUT2D eigenvalue weighted by molar-refractivity contribution is 0.414. The highest BCUT2D eigenvalue weighted by molar-refractivity contribution is 5.45. The van der Waals surface area contributed by atoms with Crippen LogP contribution in [-0.4, -0.2) is 36.7 Å². The molecular weight excluding hydrogens is 312 g/mol. The van der Waals surface area contributed by atoms with Gasteiger partial charge in [0.05, 0.1) is 7.11 Å². The van der Waals surface area contributed by atoms with E-state index in [0.717, 1.165) is 55.2 Å². The van der Waals surface area contributed by atoms with Crippen LogP contribution in [0.15, 0.2) is 30.3 Å². The first-order valence-corrected chi connectivity index (χ1v) is 9.11. The molecule has 0 spiro atoms.